The highest BCUT2D eigenvalue weighted by atomic mass is 16.3. The van der Waals surface area contributed by atoms with Gasteiger partial charge in [-0.1, -0.05) is 72.8 Å². The number of fused-ring (bicyclic) bond motifs is 13. The fraction of sp³-hybridized carbons (Fsp3) is 0. The van der Waals surface area contributed by atoms with E-state index in [0.717, 1.165) is 105 Å². The molecule has 0 aliphatic heterocycles. The molecular formula is C42H23NO4. The van der Waals surface area contributed by atoms with Gasteiger partial charge in [-0.05, 0) is 60.7 Å². The van der Waals surface area contributed by atoms with Crippen molar-refractivity contribution in [3.8, 4) is 0 Å². The Hall–Kier alpha value is -6.46. The molecule has 0 amide bonds. The molecule has 220 valence electrons. The second kappa shape index (κ2) is 9.05. The molecule has 11 aromatic rings. The van der Waals surface area contributed by atoms with Gasteiger partial charge in [-0.2, -0.15) is 0 Å². The largest absolute Gasteiger partial charge is 0.456 e. The predicted octanol–water partition coefficient (Wildman–Crippen LogP) is 12.8. The number of nitrogens with zero attached hydrogens (tertiary/aromatic N) is 1. The Morgan fingerprint density at radius 2 is 0.851 bits per heavy atom. The van der Waals surface area contributed by atoms with Gasteiger partial charge >= 0.3 is 0 Å². The molecule has 0 bridgehead atoms. The van der Waals surface area contributed by atoms with Crippen molar-refractivity contribution >= 4 is 105 Å². The Labute approximate surface area is 266 Å². The maximum absolute atomic E-state index is 6.96. The minimum atomic E-state index is 0.787. The van der Waals surface area contributed by atoms with E-state index in [9.17, 15) is 0 Å². The highest BCUT2D eigenvalue weighted by Crippen LogP contribution is 2.48. The van der Waals surface area contributed by atoms with Gasteiger partial charge in [0.05, 0.1) is 27.8 Å². The van der Waals surface area contributed by atoms with Gasteiger partial charge in [0.2, 0.25) is 0 Å². The standard InChI is InChI=1S/C42H23NO4/c1-4-15-33-25(9-1)26-20-19-24(23-38(26)46-33)43(31-13-8-18-36-39(31)29-10-2-5-16-34(29)44-36)32-14-7-12-27-28-21-22-37-40(42(28)47-41(27)32)30-11-3-6-17-35(30)45-37/h1-23H. The summed E-state index contributed by atoms with van der Waals surface area (Å²) in [6.07, 6.45) is 0. The molecule has 0 saturated carbocycles. The first-order chi connectivity index (χ1) is 23.3. The number of rotatable bonds is 3. The van der Waals surface area contributed by atoms with Crippen molar-refractivity contribution in [1.29, 1.82) is 0 Å². The molecule has 4 aromatic heterocycles. The maximum Gasteiger partial charge on any atom is 0.159 e. The average molecular weight is 606 g/mol. The lowest BCUT2D eigenvalue weighted by molar-refractivity contribution is 0.662. The minimum absolute atomic E-state index is 0.787. The molecule has 47 heavy (non-hydrogen) atoms. The van der Waals surface area contributed by atoms with Crippen LogP contribution >= 0.6 is 0 Å². The van der Waals surface area contributed by atoms with Gasteiger partial charge in [-0.15, -0.1) is 0 Å². The summed E-state index contributed by atoms with van der Waals surface area (Å²) in [7, 11) is 0. The fourth-order valence-corrected chi connectivity index (χ4v) is 7.43. The van der Waals surface area contributed by atoms with E-state index in [-0.39, 0.29) is 0 Å². The van der Waals surface area contributed by atoms with Crippen molar-refractivity contribution < 1.29 is 17.7 Å². The lowest BCUT2D eigenvalue weighted by Crippen LogP contribution is -2.10. The lowest BCUT2D eigenvalue weighted by atomic mass is 10.1. The van der Waals surface area contributed by atoms with E-state index in [1.807, 2.05) is 66.7 Å². The molecule has 5 heteroatoms. The molecule has 0 N–H and O–H groups in total. The van der Waals surface area contributed by atoms with Gasteiger partial charge in [0.15, 0.2) is 5.58 Å². The van der Waals surface area contributed by atoms with Crippen LogP contribution in [-0.4, -0.2) is 0 Å². The monoisotopic (exact) mass is 605 g/mol. The van der Waals surface area contributed by atoms with E-state index in [1.54, 1.807) is 0 Å². The van der Waals surface area contributed by atoms with Crippen LogP contribution in [-0.2, 0) is 0 Å². The number of para-hydroxylation sites is 4. The third-order valence-electron chi connectivity index (χ3n) is 9.47. The van der Waals surface area contributed by atoms with Gasteiger partial charge in [-0.25, -0.2) is 0 Å². The van der Waals surface area contributed by atoms with E-state index in [1.165, 1.54) is 0 Å². The van der Waals surface area contributed by atoms with Crippen molar-refractivity contribution in [2.45, 2.75) is 0 Å². The molecule has 4 heterocycles. The quantitative estimate of drug-likeness (QED) is 0.201. The Balaban J connectivity index is 1.25. The molecule has 5 nitrogen and oxygen atoms in total. The van der Waals surface area contributed by atoms with Gasteiger partial charge in [0.25, 0.3) is 0 Å². The topological polar surface area (TPSA) is 55.8 Å². The summed E-state index contributed by atoms with van der Waals surface area (Å²) in [5.74, 6) is 0. The number of hydrogen-bond acceptors (Lipinski definition) is 5. The van der Waals surface area contributed by atoms with Crippen LogP contribution in [0.2, 0.25) is 0 Å². The van der Waals surface area contributed by atoms with E-state index in [4.69, 9.17) is 17.7 Å². The van der Waals surface area contributed by atoms with Crippen molar-refractivity contribution in [2.24, 2.45) is 0 Å². The molecule has 0 spiro atoms. The Morgan fingerprint density at radius 1 is 0.319 bits per heavy atom. The molecule has 7 aromatic carbocycles. The van der Waals surface area contributed by atoms with Crippen LogP contribution in [0.15, 0.2) is 157 Å². The summed E-state index contributed by atoms with van der Waals surface area (Å²) in [4.78, 5) is 2.27. The molecule has 0 atom stereocenters. The second-order valence-electron chi connectivity index (χ2n) is 12.0. The summed E-state index contributed by atoms with van der Waals surface area (Å²) in [6, 6.07) is 47.7. The van der Waals surface area contributed by atoms with Crippen LogP contribution < -0.4 is 4.90 Å². The van der Waals surface area contributed by atoms with Crippen molar-refractivity contribution in [1.82, 2.24) is 0 Å². The number of furan rings is 4. The van der Waals surface area contributed by atoms with Crippen LogP contribution in [0.5, 0.6) is 0 Å². The first-order valence-electron chi connectivity index (χ1n) is 15.7. The normalized spacial score (nSPS) is 12.3. The zero-order chi connectivity index (χ0) is 30.6. The van der Waals surface area contributed by atoms with Crippen molar-refractivity contribution in [3.63, 3.8) is 0 Å². The second-order valence-corrected chi connectivity index (χ2v) is 12.0. The van der Waals surface area contributed by atoms with E-state index in [2.05, 4.69) is 77.7 Å². The Kier molecular flexibility index (Phi) is 4.78. The zero-order valence-corrected chi connectivity index (χ0v) is 24.9. The van der Waals surface area contributed by atoms with E-state index < -0.39 is 0 Å². The molecule has 0 aliphatic carbocycles. The van der Waals surface area contributed by atoms with Gasteiger partial charge in [-0.3, -0.25) is 0 Å². The Bertz CT molecular complexity index is 3040. The molecule has 0 saturated heterocycles. The molecule has 11 rings (SSSR count). The van der Waals surface area contributed by atoms with Crippen LogP contribution in [0.4, 0.5) is 17.1 Å². The van der Waals surface area contributed by atoms with Crippen molar-refractivity contribution in [2.75, 3.05) is 4.90 Å². The highest BCUT2D eigenvalue weighted by Gasteiger charge is 2.25. The lowest BCUT2D eigenvalue weighted by Gasteiger charge is -2.26. The highest BCUT2D eigenvalue weighted by molar-refractivity contribution is 6.24. The average Bonchev–Trinajstić information content (AvgIpc) is 3.88. The number of anilines is 3. The summed E-state index contributed by atoms with van der Waals surface area (Å²) in [5, 5.41) is 8.35. The van der Waals surface area contributed by atoms with E-state index in [0.29, 0.717) is 0 Å². The number of hydrogen-bond donors (Lipinski definition) is 0. The smallest absolute Gasteiger partial charge is 0.159 e. The van der Waals surface area contributed by atoms with Crippen LogP contribution in [0.3, 0.4) is 0 Å². The molecule has 0 radical (unpaired) electrons. The molecule has 0 unspecified atom stereocenters. The molecular weight excluding hydrogens is 582 g/mol. The Morgan fingerprint density at radius 3 is 1.66 bits per heavy atom. The van der Waals surface area contributed by atoms with Crippen molar-refractivity contribution in [3.05, 3.63) is 140 Å². The zero-order valence-electron chi connectivity index (χ0n) is 24.9. The third kappa shape index (κ3) is 3.37. The predicted molar refractivity (Wildman–Crippen MR) is 190 cm³/mol. The van der Waals surface area contributed by atoms with E-state index >= 15 is 0 Å². The fourth-order valence-electron chi connectivity index (χ4n) is 7.43. The van der Waals surface area contributed by atoms with Gasteiger partial charge in [0.1, 0.15) is 39.1 Å². The van der Waals surface area contributed by atoms with Gasteiger partial charge in [0, 0.05) is 38.4 Å². The third-order valence-corrected chi connectivity index (χ3v) is 9.47. The minimum Gasteiger partial charge on any atom is -0.456 e. The summed E-state index contributed by atoms with van der Waals surface area (Å²) in [6.45, 7) is 0. The first-order valence-corrected chi connectivity index (χ1v) is 15.7. The summed E-state index contributed by atoms with van der Waals surface area (Å²) >= 11 is 0. The number of benzene rings is 7. The molecule has 0 aliphatic rings. The SMILES string of the molecule is c1ccc2c(c1)oc1cc(N(c3cccc4c3oc3c4ccc4oc5ccccc5c43)c3cccc4oc5ccccc5c34)ccc12. The van der Waals surface area contributed by atoms with Gasteiger partial charge < -0.3 is 22.6 Å². The maximum atomic E-state index is 6.96. The van der Waals surface area contributed by atoms with Crippen LogP contribution in [0.1, 0.15) is 0 Å². The van der Waals surface area contributed by atoms with Crippen LogP contribution in [0, 0.1) is 0 Å². The summed E-state index contributed by atoms with van der Waals surface area (Å²) < 4.78 is 25.9. The van der Waals surface area contributed by atoms with Crippen LogP contribution in [0.25, 0.3) is 87.8 Å². The summed E-state index contributed by atoms with van der Waals surface area (Å²) in [5.41, 5.74) is 9.44. The molecule has 0 fully saturated rings. The first kappa shape index (κ1) is 24.8.